The fourth-order valence-electron chi connectivity index (χ4n) is 3.27. The Labute approximate surface area is 233 Å². The quantitative estimate of drug-likeness (QED) is 0.144. The fraction of sp³-hybridized carbons (Fsp3) is 0.567. The van der Waals surface area contributed by atoms with Crippen LogP contribution in [-0.4, -0.2) is 91.8 Å². The molecular weight excluding hydrogens is 502 g/mol. The second-order valence-electron chi connectivity index (χ2n) is 8.59. The van der Waals surface area contributed by atoms with Crippen LogP contribution in [0.1, 0.15) is 35.7 Å². The lowest BCUT2D eigenvalue weighted by Gasteiger charge is -2.09. The normalized spacial score (nSPS) is 11.0. The van der Waals surface area contributed by atoms with Crippen LogP contribution in [0.15, 0.2) is 54.6 Å². The van der Waals surface area contributed by atoms with Gasteiger partial charge >= 0.3 is 5.97 Å². The number of ether oxygens (including phenoxy) is 7. The highest BCUT2D eigenvalue weighted by Crippen LogP contribution is 2.11. The Kier molecular flexibility index (Phi) is 19.6. The molecule has 9 nitrogen and oxygen atoms in total. The van der Waals surface area contributed by atoms with Crippen LogP contribution in [-0.2, 0) is 39.8 Å². The summed E-state index contributed by atoms with van der Waals surface area (Å²) in [6, 6.07) is 17.4. The first kappa shape index (κ1) is 32.7. The zero-order valence-corrected chi connectivity index (χ0v) is 23.3. The summed E-state index contributed by atoms with van der Waals surface area (Å²) in [6.07, 6.45) is 2.25. The van der Waals surface area contributed by atoms with Crippen molar-refractivity contribution in [1.82, 2.24) is 0 Å². The molecule has 0 aromatic heterocycles. The summed E-state index contributed by atoms with van der Waals surface area (Å²) in [6.45, 7) is 9.21. The van der Waals surface area contributed by atoms with E-state index in [0.717, 1.165) is 30.6 Å². The van der Waals surface area contributed by atoms with Crippen LogP contribution in [0.5, 0.6) is 0 Å². The van der Waals surface area contributed by atoms with E-state index in [0.29, 0.717) is 84.8 Å². The van der Waals surface area contributed by atoms with E-state index in [9.17, 15) is 4.79 Å². The maximum Gasteiger partial charge on any atom is 0.338 e. The van der Waals surface area contributed by atoms with E-state index >= 15 is 0 Å². The summed E-state index contributed by atoms with van der Waals surface area (Å²) in [5, 5.41) is 3.32. The van der Waals surface area contributed by atoms with Gasteiger partial charge in [0.25, 0.3) is 0 Å². The summed E-state index contributed by atoms with van der Waals surface area (Å²) >= 11 is 0. The van der Waals surface area contributed by atoms with Gasteiger partial charge in [-0.3, -0.25) is 0 Å². The molecule has 0 fully saturated rings. The van der Waals surface area contributed by atoms with Crippen LogP contribution in [0.3, 0.4) is 0 Å². The zero-order chi connectivity index (χ0) is 27.6. The molecule has 9 heteroatoms. The zero-order valence-electron chi connectivity index (χ0n) is 23.3. The van der Waals surface area contributed by atoms with Crippen molar-refractivity contribution < 1.29 is 38.0 Å². The number of esters is 1. The van der Waals surface area contributed by atoms with E-state index in [1.807, 2.05) is 42.5 Å². The van der Waals surface area contributed by atoms with Crippen LogP contribution in [0, 0.1) is 0 Å². The van der Waals surface area contributed by atoms with Gasteiger partial charge < -0.3 is 38.5 Å². The number of carbonyl (C=O) groups is 1. The molecule has 218 valence electrons. The molecule has 2 aromatic carbocycles. The number of rotatable bonds is 25. The van der Waals surface area contributed by atoms with Gasteiger partial charge in [0.15, 0.2) is 0 Å². The molecule has 0 radical (unpaired) electrons. The Bertz CT molecular complexity index is 835. The third kappa shape index (κ3) is 17.6. The minimum atomic E-state index is -0.354. The molecule has 0 amide bonds. The summed E-state index contributed by atoms with van der Waals surface area (Å²) in [4.78, 5) is 12.1. The van der Waals surface area contributed by atoms with Gasteiger partial charge in [0.05, 0.1) is 84.8 Å². The van der Waals surface area contributed by atoms with Crippen LogP contribution < -0.4 is 5.32 Å². The van der Waals surface area contributed by atoms with Gasteiger partial charge in [-0.2, -0.15) is 0 Å². The molecule has 0 heterocycles. The monoisotopic (exact) mass is 547 g/mol. The third-order valence-electron chi connectivity index (χ3n) is 5.41. The second-order valence-corrected chi connectivity index (χ2v) is 8.59. The molecule has 39 heavy (non-hydrogen) atoms. The van der Waals surface area contributed by atoms with E-state index in [-0.39, 0.29) is 12.6 Å². The van der Waals surface area contributed by atoms with E-state index in [1.165, 1.54) is 0 Å². The lowest BCUT2D eigenvalue weighted by Crippen LogP contribution is -2.15. The molecule has 0 saturated carbocycles. The molecule has 0 aliphatic heterocycles. The first-order valence-electron chi connectivity index (χ1n) is 13.8. The standard InChI is InChI=1S/C30H45NO8/c1-2-3-13-31-29-11-9-28(10-12-29)30(32)39-25-24-37-21-20-35-17-16-33-14-15-34-18-19-36-22-23-38-26-27-7-5-4-6-8-27/h4-12,31H,2-3,13-26H2,1H3. The van der Waals surface area contributed by atoms with Gasteiger partial charge in [-0.1, -0.05) is 43.7 Å². The van der Waals surface area contributed by atoms with Gasteiger partial charge in [-0.15, -0.1) is 0 Å². The molecule has 0 unspecified atom stereocenters. The second kappa shape index (κ2) is 23.4. The number of unbranched alkanes of at least 4 members (excludes halogenated alkanes) is 1. The Hall–Kier alpha value is -2.53. The van der Waals surface area contributed by atoms with Crippen molar-refractivity contribution in [1.29, 1.82) is 0 Å². The van der Waals surface area contributed by atoms with Gasteiger partial charge in [0.1, 0.15) is 6.61 Å². The Balaban J connectivity index is 1.27. The minimum absolute atomic E-state index is 0.200. The fourth-order valence-corrected chi connectivity index (χ4v) is 3.27. The molecule has 2 aromatic rings. The first-order valence-corrected chi connectivity index (χ1v) is 13.8. The first-order chi connectivity index (χ1) is 19.3. The van der Waals surface area contributed by atoms with Gasteiger partial charge in [0, 0.05) is 12.2 Å². The van der Waals surface area contributed by atoms with E-state index in [1.54, 1.807) is 12.1 Å². The molecule has 0 aliphatic rings. The van der Waals surface area contributed by atoms with Gasteiger partial charge in [-0.25, -0.2) is 4.79 Å². The minimum Gasteiger partial charge on any atom is -0.460 e. The molecule has 1 N–H and O–H groups in total. The highest BCUT2D eigenvalue weighted by Gasteiger charge is 2.06. The summed E-state index contributed by atoms with van der Waals surface area (Å²) < 4.78 is 38.1. The maximum absolute atomic E-state index is 12.1. The molecule has 2 rings (SSSR count). The number of nitrogens with one attached hydrogen (secondary N) is 1. The van der Waals surface area contributed by atoms with Crippen molar-refractivity contribution >= 4 is 11.7 Å². The highest BCUT2D eigenvalue weighted by molar-refractivity contribution is 5.89. The largest absolute Gasteiger partial charge is 0.460 e. The molecule has 0 spiro atoms. The molecule has 0 saturated heterocycles. The van der Waals surface area contributed by atoms with Crippen LogP contribution in [0.2, 0.25) is 0 Å². The molecule has 0 bridgehead atoms. The van der Waals surface area contributed by atoms with Crippen molar-refractivity contribution in [2.75, 3.05) is 91.1 Å². The number of anilines is 1. The Morgan fingerprint density at radius 3 is 1.62 bits per heavy atom. The topological polar surface area (TPSA) is 93.7 Å². The predicted octanol–water partition coefficient (Wildman–Crippen LogP) is 4.36. The van der Waals surface area contributed by atoms with Crippen molar-refractivity contribution in [2.45, 2.75) is 26.4 Å². The van der Waals surface area contributed by atoms with Gasteiger partial charge in [-0.05, 0) is 36.2 Å². The smallest absolute Gasteiger partial charge is 0.338 e. The van der Waals surface area contributed by atoms with E-state index in [4.69, 9.17) is 33.2 Å². The maximum atomic E-state index is 12.1. The lowest BCUT2D eigenvalue weighted by atomic mass is 10.2. The number of hydrogen-bond acceptors (Lipinski definition) is 9. The summed E-state index contributed by atoms with van der Waals surface area (Å²) in [5.41, 5.74) is 2.68. The molecule has 0 atom stereocenters. The van der Waals surface area contributed by atoms with Gasteiger partial charge in [0.2, 0.25) is 0 Å². The highest BCUT2D eigenvalue weighted by atomic mass is 16.6. The SMILES string of the molecule is CCCCNc1ccc(C(=O)OCCOCCOCCOCCOCCOCCOCc2ccccc2)cc1. The molecule has 0 aliphatic carbocycles. The average Bonchev–Trinajstić information content (AvgIpc) is 2.97. The lowest BCUT2D eigenvalue weighted by molar-refractivity contribution is -0.0201. The number of carbonyl (C=O) groups excluding carboxylic acids is 1. The van der Waals surface area contributed by atoms with Crippen molar-refractivity contribution in [3.8, 4) is 0 Å². The predicted molar refractivity (Wildman–Crippen MR) is 150 cm³/mol. The van der Waals surface area contributed by atoms with Crippen LogP contribution in [0.25, 0.3) is 0 Å². The van der Waals surface area contributed by atoms with Crippen molar-refractivity contribution in [2.24, 2.45) is 0 Å². The van der Waals surface area contributed by atoms with Crippen LogP contribution in [0.4, 0.5) is 5.69 Å². The number of benzene rings is 2. The molecular formula is C30H45NO8. The average molecular weight is 548 g/mol. The third-order valence-corrected chi connectivity index (χ3v) is 5.41. The Morgan fingerprint density at radius 2 is 1.10 bits per heavy atom. The van der Waals surface area contributed by atoms with Crippen molar-refractivity contribution in [3.05, 3.63) is 65.7 Å². The number of hydrogen-bond donors (Lipinski definition) is 1. The van der Waals surface area contributed by atoms with Crippen LogP contribution >= 0.6 is 0 Å². The van der Waals surface area contributed by atoms with E-state index in [2.05, 4.69) is 12.2 Å². The Morgan fingerprint density at radius 1 is 0.615 bits per heavy atom. The van der Waals surface area contributed by atoms with E-state index < -0.39 is 0 Å². The van der Waals surface area contributed by atoms with Crippen molar-refractivity contribution in [3.63, 3.8) is 0 Å². The summed E-state index contributed by atoms with van der Waals surface area (Å²) in [7, 11) is 0. The summed E-state index contributed by atoms with van der Waals surface area (Å²) in [5.74, 6) is -0.354.